The van der Waals surface area contributed by atoms with Gasteiger partial charge in [0, 0.05) is 6.04 Å². The number of aliphatic hydroxyl groups excluding tert-OH is 1. The van der Waals surface area contributed by atoms with Crippen LogP contribution in [0.1, 0.15) is 35.3 Å². The van der Waals surface area contributed by atoms with Crippen LogP contribution in [0.25, 0.3) is 0 Å². The van der Waals surface area contributed by atoms with Crippen LogP contribution in [-0.4, -0.2) is 18.2 Å². The molecule has 0 bridgehead atoms. The largest absolute Gasteiger partial charge is 0.387 e. The zero-order valence-electron chi connectivity index (χ0n) is 10.3. The van der Waals surface area contributed by atoms with Crippen LogP contribution >= 0.6 is 0 Å². The second-order valence-corrected chi connectivity index (χ2v) is 4.33. The van der Waals surface area contributed by atoms with Crippen molar-refractivity contribution < 1.29 is 5.11 Å². The Hall–Kier alpha value is -0.860. The topological polar surface area (TPSA) is 32.3 Å². The second kappa shape index (κ2) is 4.77. The molecule has 0 saturated carbocycles. The maximum absolute atomic E-state index is 10.2. The first-order chi connectivity index (χ1) is 6.97. The lowest BCUT2D eigenvalue weighted by atomic mass is 9.92. The zero-order valence-corrected chi connectivity index (χ0v) is 10.3. The molecule has 0 radical (unpaired) electrons. The van der Waals surface area contributed by atoms with Crippen molar-refractivity contribution in [2.24, 2.45) is 0 Å². The van der Waals surface area contributed by atoms with E-state index < -0.39 is 6.10 Å². The molecule has 2 N–H and O–H groups in total. The average Bonchev–Trinajstić information content (AvgIpc) is 2.14. The normalized spacial score (nSPS) is 15.1. The number of hydrogen-bond acceptors (Lipinski definition) is 2. The van der Waals surface area contributed by atoms with E-state index in [4.69, 9.17) is 0 Å². The fraction of sp³-hybridized carbons (Fsp3) is 0.538. The van der Waals surface area contributed by atoms with Gasteiger partial charge >= 0.3 is 0 Å². The van der Waals surface area contributed by atoms with E-state index in [0.29, 0.717) is 0 Å². The summed E-state index contributed by atoms with van der Waals surface area (Å²) in [4.78, 5) is 0. The molecule has 0 aliphatic heterocycles. The van der Waals surface area contributed by atoms with Crippen molar-refractivity contribution in [3.05, 3.63) is 34.4 Å². The van der Waals surface area contributed by atoms with Crippen molar-refractivity contribution in [1.82, 2.24) is 5.32 Å². The summed E-state index contributed by atoms with van der Waals surface area (Å²) in [5, 5.41) is 13.3. The summed E-state index contributed by atoms with van der Waals surface area (Å²) < 4.78 is 0. The van der Waals surface area contributed by atoms with Gasteiger partial charge in [0.25, 0.3) is 0 Å². The van der Waals surface area contributed by atoms with Gasteiger partial charge in [0.05, 0.1) is 6.10 Å². The van der Waals surface area contributed by atoms with E-state index >= 15 is 0 Å². The van der Waals surface area contributed by atoms with E-state index in [0.717, 1.165) is 5.56 Å². The summed E-state index contributed by atoms with van der Waals surface area (Å²) in [6, 6.07) is 4.31. The highest BCUT2D eigenvalue weighted by atomic mass is 16.3. The molecule has 0 spiro atoms. The smallest absolute Gasteiger partial charge is 0.0945 e. The highest BCUT2D eigenvalue weighted by molar-refractivity contribution is 5.39. The number of likely N-dealkylation sites (N-methyl/N-ethyl adjacent to an activating group) is 1. The lowest BCUT2D eigenvalue weighted by Gasteiger charge is -2.22. The van der Waals surface area contributed by atoms with Gasteiger partial charge in [-0.25, -0.2) is 0 Å². The lowest BCUT2D eigenvalue weighted by molar-refractivity contribution is 0.139. The molecule has 0 aromatic heterocycles. The minimum atomic E-state index is -0.435. The maximum atomic E-state index is 10.2. The van der Waals surface area contributed by atoms with E-state index in [2.05, 4.69) is 38.2 Å². The number of aryl methyl sites for hydroxylation is 3. The number of rotatable bonds is 3. The summed E-state index contributed by atoms with van der Waals surface area (Å²) in [6.07, 6.45) is -0.435. The van der Waals surface area contributed by atoms with Crippen molar-refractivity contribution in [3.63, 3.8) is 0 Å². The van der Waals surface area contributed by atoms with Gasteiger partial charge in [0.2, 0.25) is 0 Å². The van der Waals surface area contributed by atoms with Crippen LogP contribution in [-0.2, 0) is 0 Å². The number of aliphatic hydroxyl groups is 1. The molecular weight excluding hydrogens is 186 g/mol. The molecule has 2 heteroatoms. The van der Waals surface area contributed by atoms with Crippen LogP contribution in [0.4, 0.5) is 0 Å². The van der Waals surface area contributed by atoms with Gasteiger partial charge in [-0.1, -0.05) is 17.7 Å². The molecule has 1 aromatic rings. The third-order valence-corrected chi connectivity index (χ3v) is 2.96. The van der Waals surface area contributed by atoms with Gasteiger partial charge in [0.15, 0.2) is 0 Å². The summed E-state index contributed by atoms with van der Waals surface area (Å²) in [7, 11) is 1.87. The number of hydrogen-bond donors (Lipinski definition) is 2. The molecule has 0 saturated heterocycles. The molecule has 2 nitrogen and oxygen atoms in total. The molecule has 1 rings (SSSR count). The SMILES string of the molecule is CNC(C)C(O)c1c(C)cc(C)cc1C. The quantitative estimate of drug-likeness (QED) is 0.797. The fourth-order valence-electron chi connectivity index (χ4n) is 2.07. The molecule has 0 aliphatic carbocycles. The monoisotopic (exact) mass is 207 g/mol. The Balaban J connectivity index is 3.13. The molecule has 2 unspecified atom stereocenters. The van der Waals surface area contributed by atoms with Crippen molar-refractivity contribution in [1.29, 1.82) is 0 Å². The lowest BCUT2D eigenvalue weighted by Crippen LogP contribution is -2.29. The fourth-order valence-corrected chi connectivity index (χ4v) is 2.07. The molecule has 0 aliphatic rings. The van der Waals surface area contributed by atoms with Gasteiger partial charge in [0.1, 0.15) is 0 Å². The van der Waals surface area contributed by atoms with Crippen LogP contribution in [0.5, 0.6) is 0 Å². The molecule has 1 aromatic carbocycles. The summed E-state index contributed by atoms with van der Waals surface area (Å²) >= 11 is 0. The predicted molar refractivity (Wildman–Crippen MR) is 64.1 cm³/mol. The zero-order chi connectivity index (χ0) is 11.6. The molecule has 84 valence electrons. The predicted octanol–water partition coefficient (Wildman–Crippen LogP) is 2.25. The van der Waals surface area contributed by atoms with Crippen LogP contribution in [0.15, 0.2) is 12.1 Å². The van der Waals surface area contributed by atoms with Gasteiger partial charge in [-0.2, -0.15) is 0 Å². The van der Waals surface area contributed by atoms with E-state index in [1.54, 1.807) is 0 Å². The highest BCUT2D eigenvalue weighted by Crippen LogP contribution is 2.25. The summed E-state index contributed by atoms with van der Waals surface area (Å²) in [5.41, 5.74) is 4.64. The Labute approximate surface area is 92.3 Å². The van der Waals surface area contributed by atoms with Crippen LogP contribution in [0.2, 0.25) is 0 Å². The third-order valence-electron chi connectivity index (χ3n) is 2.96. The first kappa shape index (κ1) is 12.2. The van der Waals surface area contributed by atoms with Crippen molar-refractivity contribution in [3.8, 4) is 0 Å². The Morgan fingerprint density at radius 3 is 2.00 bits per heavy atom. The standard InChI is InChI=1S/C13H21NO/c1-8-6-9(2)12(10(3)7-8)13(15)11(4)14-5/h6-7,11,13-15H,1-5H3. The Morgan fingerprint density at radius 1 is 1.13 bits per heavy atom. The average molecular weight is 207 g/mol. The molecule has 0 fully saturated rings. The first-order valence-corrected chi connectivity index (χ1v) is 5.40. The Morgan fingerprint density at radius 2 is 1.60 bits per heavy atom. The summed E-state index contributed by atoms with van der Waals surface area (Å²) in [5.74, 6) is 0. The van der Waals surface area contributed by atoms with Crippen LogP contribution in [0, 0.1) is 20.8 Å². The van der Waals surface area contributed by atoms with E-state index in [-0.39, 0.29) is 6.04 Å². The second-order valence-electron chi connectivity index (χ2n) is 4.33. The molecule has 15 heavy (non-hydrogen) atoms. The highest BCUT2D eigenvalue weighted by Gasteiger charge is 2.18. The van der Waals surface area contributed by atoms with E-state index in [9.17, 15) is 5.11 Å². The van der Waals surface area contributed by atoms with Gasteiger partial charge < -0.3 is 10.4 Å². The van der Waals surface area contributed by atoms with Crippen LogP contribution in [0.3, 0.4) is 0 Å². The van der Waals surface area contributed by atoms with Crippen LogP contribution < -0.4 is 5.32 Å². The molecular formula is C13H21NO. The van der Waals surface area contributed by atoms with Crippen molar-refractivity contribution >= 4 is 0 Å². The maximum Gasteiger partial charge on any atom is 0.0945 e. The van der Waals surface area contributed by atoms with E-state index in [1.165, 1.54) is 16.7 Å². The Kier molecular flexibility index (Phi) is 3.89. The molecule has 0 heterocycles. The van der Waals surface area contributed by atoms with Crippen molar-refractivity contribution in [2.45, 2.75) is 39.8 Å². The third kappa shape index (κ3) is 2.58. The van der Waals surface area contributed by atoms with Crippen molar-refractivity contribution in [2.75, 3.05) is 7.05 Å². The van der Waals surface area contributed by atoms with Gasteiger partial charge in [-0.15, -0.1) is 0 Å². The van der Waals surface area contributed by atoms with E-state index in [1.807, 2.05) is 14.0 Å². The summed E-state index contributed by atoms with van der Waals surface area (Å²) in [6.45, 7) is 8.18. The minimum absolute atomic E-state index is 0.0742. The molecule has 2 atom stereocenters. The first-order valence-electron chi connectivity index (χ1n) is 5.40. The van der Waals surface area contributed by atoms with Gasteiger partial charge in [-0.05, 0) is 51.4 Å². The number of benzene rings is 1. The molecule has 0 amide bonds. The number of nitrogens with one attached hydrogen (secondary N) is 1. The minimum Gasteiger partial charge on any atom is -0.387 e. The van der Waals surface area contributed by atoms with Gasteiger partial charge in [-0.3, -0.25) is 0 Å². The Bertz CT molecular complexity index is 323.